The molecule has 0 radical (unpaired) electrons. The van der Waals surface area contributed by atoms with Gasteiger partial charge in [-0.25, -0.2) is 0 Å². The Hall–Kier alpha value is -1.84. The lowest BCUT2D eigenvalue weighted by Gasteiger charge is -2.23. The molecule has 1 aliphatic carbocycles. The molecule has 4 heteroatoms. The highest BCUT2D eigenvalue weighted by Gasteiger charge is 2.24. The number of amides is 2. The number of hydrogen-bond donors (Lipinski definition) is 2. The van der Waals surface area contributed by atoms with Crippen molar-refractivity contribution in [1.29, 1.82) is 0 Å². The number of nitrogens with one attached hydrogen (secondary N) is 2. The first kappa shape index (κ1) is 16.5. The third kappa shape index (κ3) is 4.33. The minimum Gasteiger partial charge on any atom is -0.344 e. The van der Waals surface area contributed by atoms with Crippen LogP contribution >= 0.6 is 0 Å². The summed E-state index contributed by atoms with van der Waals surface area (Å²) < 4.78 is 0. The highest BCUT2D eigenvalue weighted by Crippen LogP contribution is 2.23. The third-order valence-corrected chi connectivity index (χ3v) is 4.37. The molecule has 1 fully saturated rings. The van der Waals surface area contributed by atoms with Gasteiger partial charge in [0.05, 0.1) is 0 Å². The second-order valence-corrected chi connectivity index (χ2v) is 6.37. The second kappa shape index (κ2) is 7.43. The highest BCUT2D eigenvalue weighted by atomic mass is 16.2. The van der Waals surface area contributed by atoms with E-state index in [2.05, 4.69) is 10.6 Å². The van der Waals surface area contributed by atoms with E-state index in [1.165, 1.54) is 6.42 Å². The maximum Gasteiger partial charge on any atom is 0.246 e. The molecular formula is C18H26N2O2. The van der Waals surface area contributed by atoms with Gasteiger partial charge in [-0.3, -0.25) is 9.59 Å². The zero-order valence-corrected chi connectivity index (χ0v) is 13.7. The molecule has 1 aliphatic rings. The van der Waals surface area contributed by atoms with Crippen molar-refractivity contribution < 1.29 is 9.59 Å². The number of benzene rings is 1. The Bertz CT molecular complexity index is 548. The average molecular weight is 302 g/mol. The lowest BCUT2D eigenvalue weighted by molar-refractivity contribution is -0.129. The van der Waals surface area contributed by atoms with Crippen molar-refractivity contribution in [2.45, 2.75) is 58.9 Å². The van der Waals surface area contributed by atoms with Crippen molar-refractivity contribution in [2.24, 2.45) is 5.92 Å². The van der Waals surface area contributed by atoms with Crippen LogP contribution in [0.3, 0.4) is 0 Å². The molecule has 0 saturated heterocycles. The van der Waals surface area contributed by atoms with Crippen molar-refractivity contribution in [1.82, 2.24) is 5.32 Å². The number of anilines is 1. The quantitative estimate of drug-likeness (QED) is 0.896. The van der Waals surface area contributed by atoms with Crippen LogP contribution < -0.4 is 10.6 Å². The molecule has 4 nitrogen and oxygen atoms in total. The predicted molar refractivity (Wildman–Crippen MR) is 88.7 cm³/mol. The van der Waals surface area contributed by atoms with E-state index in [0.29, 0.717) is 0 Å². The Labute approximate surface area is 132 Å². The van der Waals surface area contributed by atoms with E-state index in [-0.39, 0.29) is 17.7 Å². The van der Waals surface area contributed by atoms with Gasteiger partial charge in [-0.05, 0) is 45.2 Å². The fraction of sp³-hybridized carbons (Fsp3) is 0.556. The third-order valence-electron chi connectivity index (χ3n) is 4.37. The van der Waals surface area contributed by atoms with Crippen LogP contribution in [0.25, 0.3) is 0 Å². The summed E-state index contributed by atoms with van der Waals surface area (Å²) in [4.78, 5) is 24.4. The second-order valence-electron chi connectivity index (χ2n) is 6.37. The normalized spacial score (nSPS) is 16.9. The molecular weight excluding hydrogens is 276 g/mol. The maximum absolute atomic E-state index is 12.2. The molecule has 0 heterocycles. The highest BCUT2D eigenvalue weighted by molar-refractivity contribution is 5.97. The van der Waals surface area contributed by atoms with Crippen LogP contribution in [-0.4, -0.2) is 17.9 Å². The van der Waals surface area contributed by atoms with Gasteiger partial charge in [0.25, 0.3) is 0 Å². The summed E-state index contributed by atoms with van der Waals surface area (Å²) in [6.07, 6.45) is 5.32. The zero-order chi connectivity index (χ0) is 16.1. The Kier molecular flexibility index (Phi) is 5.58. The van der Waals surface area contributed by atoms with Crippen LogP contribution in [0.4, 0.5) is 5.69 Å². The maximum atomic E-state index is 12.2. The molecule has 0 aromatic heterocycles. The molecule has 1 saturated carbocycles. The Morgan fingerprint density at radius 3 is 2.45 bits per heavy atom. The molecule has 1 atom stereocenters. The van der Waals surface area contributed by atoms with Gasteiger partial charge in [0.15, 0.2) is 0 Å². The van der Waals surface area contributed by atoms with Crippen LogP contribution in [-0.2, 0) is 9.59 Å². The van der Waals surface area contributed by atoms with Gasteiger partial charge in [0.2, 0.25) is 11.8 Å². The first-order valence-corrected chi connectivity index (χ1v) is 8.16. The molecule has 0 spiro atoms. The first-order valence-electron chi connectivity index (χ1n) is 8.16. The van der Waals surface area contributed by atoms with E-state index in [4.69, 9.17) is 0 Å². The molecule has 2 rings (SSSR count). The van der Waals surface area contributed by atoms with Crippen LogP contribution in [0, 0.1) is 19.8 Å². The Morgan fingerprint density at radius 2 is 1.82 bits per heavy atom. The van der Waals surface area contributed by atoms with Crippen LogP contribution in [0.5, 0.6) is 0 Å². The van der Waals surface area contributed by atoms with Gasteiger partial charge < -0.3 is 10.6 Å². The summed E-state index contributed by atoms with van der Waals surface area (Å²) in [5.74, 6) is -0.0794. The number of carbonyl (C=O) groups excluding carboxylic acids is 2. The fourth-order valence-corrected chi connectivity index (χ4v) is 2.96. The topological polar surface area (TPSA) is 58.2 Å². The molecule has 1 aromatic carbocycles. The monoisotopic (exact) mass is 302 g/mol. The number of rotatable bonds is 4. The number of hydrogen-bond acceptors (Lipinski definition) is 2. The van der Waals surface area contributed by atoms with Gasteiger partial charge in [-0.2, -0.15) is 0 Å². The Morgan fingerprint density at radius 1 is 1.14 bits per heavy atom. The van der Waals surface area contributed by atoms with E-state index in [0.717, 1.165) is 42.5 Å². The summed E-state index contributed by atoms with van der Waals surface area (Å²) in [7, 11) is 0. The molecule has 2 amide bonds. The van der Waals surface area contributed by atoms with Crippen molar-refractivity contribution in [3.05, 3.63) is 29.3 Å². The lowest BCUT2D eigenvalue weighted by Crippen LogP contribution is -2.44. The van der Waals surface area contributed by atoms with E-state index in [1.54, 1.807) is 6.92 Å². The van der Waals surface area contributed by atoms with Crippen LogP contribution in [0.15, 0.2) is 18.2 Å². The lowest BCUT2D eigenvalue weighted by atomic mass is 9.88. The van der Waals surface area contributed by atoms with E-state index in [1.807, 2.05) is 32.0 Å². The number of aryl methyl sites for hydroxylation is 2. The molecule has 0 bridgehead atoms. The minimum atomic E-state index is -0.518. The molecule has 0 aliphatic heterocycles. The zero-order valence-electron chi connectivity index (χ0n) is 13.7. The molecule has 22 heavy (non-hydrogen) atoms. The van der Waals surface area contributed by atoms with Gasteiger partial charge in [-0.1, -0.05) is 37.0 Å². The fourth-order valence-electron chi connectivity index (χ4n) is 2.96. The van der Waals surface area contributed by atoms with Gasteiger partial charge in [0.1, 0.15) is 6.04 Å². The van der Waals surface area contributed by atoms with Crippen molar-refractivity contribution in [2.75, 3.05) is 5.32 Å². The minimum absolute atomic E-state index is 0.0166. The first-order chi connectivity index (χ1) is 10.5. The summed E-state index contributed by atoms with van der Waals surface area (Å²) in [6, 6.07) is 5.38. The summed E-state index contributed by atoms with van der Waals surface area (Å²) in [6.45, 7) is 5.72. The summed E-state index contributed by atoms with van der Waals surface area (Å²) >= 11 is 0. The van der Waals surface area contributed by atoms with Gasteiger partial charge >= 0.3 is 0 Å². The molecule has 120 valence electrons. The molecule has 1 unspecified atom stereocenters. The smallest absolute Gasteiger partial charge is 0.246 e. The SMILES string of the molecule is Cc1ccc(NC(=O)C(C)NC(=O)C2CCCCC2)c(C)c1. The van der Waals surface area contributed by atoms with Crippen LogP contribution in [0.2, 0.25) is 0 Å². The predicted octanol–water partition coefficient (Wildman–Crippen LogP) is 3.33. The molecule has 2 N–H and O–H groups in total. The van der Waals surface area contributed by atoms with Gasteiger partial charge in [0, 0.05) is 11.6 Å². The van der Waals surface area contributed by atoms with E-state index < -0.39 is 6.04 Å². The van der Waals surface area contributed by atoms with E-state index >= 15 is 0 Å². The number of carbonyl (C=O) groups is 2. The van der Waals surface area contributed by atoms with Crippen molar-refractivity contribution in [3.63, 3.8) is 0 Å². The largest absolute Gasteiger partial charge is 0.344 e. The van der Waals surface area contributed by atoms with E-state index in [9.17, 15) is 9.59 Å². The summed E-state index contributed by atoms with van der Waals surface area (Å²) in [5, 5.41) is 5.74. The van der Waals surface area contributed by atoms with Crippen molar-refractivity contribution >= 4 is 17.5 Å². The standard InChI is InChI=1S/C18H26N2O2/c1-12-9-10-16(13(2)11-12)20-17(21)14(3)19-18(22)15-7-5-4-6-8-15/h9-11,14-15H,4-8H2,1-3H3,(H,19,22)(H,20,21). The van der Waals surface area contributed by atoms with Gasteiger partial charge in [-0.15, -0.1) is 0 Å². The average Bonchev–Trinajstić information content (AvgIpc) is 2.50. The molecule has 1 aromatic rings. The van der Waals surface area contributed by atoms with Crippen LogP contribution in [0.1, 0.15) is 50.2 Å². The summed E-state index contributed by atoms with van der Waals surface area (Å²) in [5.41, 5.74) is 2.99. The Balaban J connectivity index is 1.89. The van der Waals surface area contributed by atoms with Crippen molar-refractivity contribution in [3.8, 4) is 0 Å².